The molecule has 0 fully saturated rings. The highest BCUT2D eigenvalue weighted by Gasteiger charge is 2.15. The van der Waals surface area contributed by atoms with Gasteiger partial charge in [0, 0.05) is 35.2 Å². The number of hydrogen-bond acceptors (Lipinski definition) is 6. The van der Waals surface area contributed by atoms with Gasteiger partial charge in [0.1, 0.15) is 0 Å². The van der Waals surface area contributed by atoms with Crippen molar-refractivity contribution in [3.8, 4) is 28.3 Å². The third-order valence-corrected chi connectivity index (χ3v) is 3.98. The first-order valence-electron chi connectivity index (χ1n) is 7.70. The molecule has 2 aromatic heterocycles. The first kappa shape index (κ1) is 18.4. The van der Waals surface area contributed by atoms with E-state index in [-0.39, 0.29) is 12.1 Å². The van der Waals surface area contributed by atoms with Gasteiger partial charge in [-0.05, 0) is 38.0 Å². The fourth-order valence-electron chi connectivity index (χ4n) is 3.01. The Kier molecular flexibility index (Phi) is 5.34. The number of nitrogens with zero attached hydrogens (tertiary/aromatic N) is 3. The van der Waals surface area contributed by atoms with E-state index in [9.17, 15) is 0 Å². The molecule has 0 spiro atoms. The standard InChI is InChI=1S/C19H20N4O.H3N/c1-11-7-12(2)17(13(3)8-11)18-15(10-22-19(20)23-18)14-5-6-16(24-4)21-9-14;/h5-10H,1-4H3,(H2,20,22,23);1H3. The van der Waals surface area contributed by atoms with Crippen molar-refractivity contribution in [3.05, 3.63) is 53.3 Å². The van der Waals surface area contributed by atoms with Crippen molar-refractivity contribution in [1.82, 2.24) is 21.1 Å². The van der Waals surface area contributed by atoms with Crippen molar-refractivity contribution < 1.29 is 4.74 Å². The summed E-state index contributed by atoms with van der Waals surface area (Å²) in [6, 6.07) is 8.07. The number of methoxy groups -OCH3 is 1. The predicted octanol–water partition coefficient (Wildman–Crippen LogP) is 3.88. The molecule has 2 heterocycles. The van der Waals surface area contributed by atoms with Crippen molar-refractivity contribution in [2.24, 2.45) is 0 Å². The highest BCUT2D eigenvalue weighted by Crippen LogP contribution is 2.35. The van der Waals surface area contributed by atoms with Gasteiger partial charge in [0.05, 0.1) is 12.8 Å². The largest absolute Gasteiger partial charge is 0.481 e. The van der Waals surface area contributed by atoms with Gasteiger partial charge >= 0.3 is 0 Å². The fourth-order valence-corrected chi connectivity index (χ4v) is 3.01. The number of rotatable bonds is 3. The van der Waals surface area contributed by atoms with E-state index in [4.69, 9.17) is 10.5 Å². The van der Waals surface area contributed by atoms with E-state index in [1.807, 2.05) is 12.1 Å². The Morgan fingerprint density at radius 3 is 2.20 bits per heavy atom. The highest BCUT2D eigenvalue weighted by molar-refractivity contribution is 5.83. The van der Waals surface area contributed by atoms with Crippen molar-refractivity contribution in [2.75, 3.05) is 12.8 Å². The van der Waals surface area contributed by atoms with Crippen LogP contribution in [0, 0.1) is 20.8 Å². The van der Waals surface area contributed by atoms with Crippen LogP contribution >= 0.6 is 0 Å². The summed E-state index contributed by atoms with van der Waals surface area (Å²) in [5.41, 5.74) is 13.1. The molecule has 6 heteroatoms. The molecule has 3 rings (SSSR count). The first-order valence-corrected chi connectivity index (χ1v) is 7.70. The predicted molar refractivity (Wildman–Crippen MR) is 101 cm³/mol. The van der Waals surface area contributed by atoms with Crippen LogP contribution in [-0.2, 0) is 0 Å². The molecule has 0 amide bonds. The molecule has 5 N–H and O–H groups in total. The first-order chi connectivity index (χ1) is 11.5. The zero-order chi connectivity index (χ0) is 17.3. The normalized spacial score (nSPS) is 10.2. The fraction of sp³-hybridized carbons (Fsp3) is 0.211. The number of hydrogen-bond donors (Lipinski definition) is 2. The monoisotopic (exact) mass is 337 g/mol. The van der Waals surface area contributed by atoms with Crippen LogP contribution in [-0.4, -0.2) is 22.1 Å². The Balaban J connectivity index is 0.00000225. The maximum Gasteiger partial charge on any atom is 0.220 e. The highest BCUT2D eigenvalue weighted by atomic mass is 16.5. The van der Waals surface area contributed by atoms with Crippen molar-refractivity contribution in [1.29, 1.82) is 0 Å². The second kappa shape index (κ2) is 7.27. The van der Waals surface area contributed by atoms with Crippen LogP contribution in [0.2, 0.25) is 0 Å². The van der Waals surface area contributed by atoms with E-state index in [0.717, 1.165) is 33.5 Å². The summed E-state index contributed by atoms with van der Waals surface area (Å²) in [7, 11) is 1.60. The molecule has 0 saturated carbocycles. The number of anilines is 1. The second-order valence-electron chi connectivity index (χ2n) is 5.85. The lowest BCUT2D eigenvalue weighted by molar-refractivity contribution is 0.398. The number of nitrogen functional groups attached to an aromatic ring is 1. The smallest absolute Gasteiger partial charge is 0.220 e. The van der Waals surface area contributed by atoms with E-state index in [0.29, 0.717) is 5.88 Å². The molecule has 0 saturated heterocycles. The summed E-state index contributed by atoms with van der Waals surface area (Å²) in [5, 5.41) is 0. The van der Waals surface area contributed by atoms with E-state index < -0.39 is 0 Å². The molecule has 0 aliphatic carbocycles. The Morgan fingerprint density at radius 1 is 0.960 bits per heavy atom. The van der Waals surface area contributed by atoms with Crippen molar-refractivity contribution in [3.63, 3.8) is 0 Å². The quantitative estimate of drug-likeness (QED) is 0.750. The van der Waals surface area contributed by atoms with Crippen LogP contribution in [0.4, 0.5) is 5.95 Å². The summed E-state index contributed by atoms with van der Waals surface area (Å²) in [4.78, 5) is 13.0. The number of ether oxygens (including phenoxy) is 1. The van der Waals surface area contributed by atoms with Crippen LogP contribution in [0.25, 0.3) is 22.4 Å². The SMILES string of the molecule is COc1ccc(-c2cnc(N)nc2-c2c(C)cc(C)cc2C)cn1.N. The molecule has 3 aromatic rings. The maximum absolute atomic E-state index is 5.86. The molecule has 1 aromatic carbocycles. The Hall–Kier alpha value is -2.99. The lowest BCUT2D eigenvalue weighted by Gasteiger charge is -2.15. The van der Waals surface area contributed by atoms with Crippen LogP contribution in [0.5, 0.6) is 5.88 Å². The average molecular weight is 337 g/mol. The molecule has 0 radical (unpaired) electrons. The van der Waals surface area contributed by atoms with Crippen molar-refractivity contribution >= 4 is 5.95 Å². The van der Waals surface area contributed by atoms with Gasteiger partial charge in [0.2, 0.25) is 11.8 Å². The number of nitrogens with two attached hydrogens (primary N) is 1. The zero-order valence-electron chi connectivity index (χ0n) is 15.0. The molecular weight excluding hydrogens is 314 g/mol. The minimum Gasteiger partial charge on any atom is -0.481 e. The maximum atomic E-state index is 5.86. The van der Waals surface area contributed by atoms with Gasteiger partial charge in [-0.3, -0.25) is 0 Å². The molecule has 25 heavy (non-hydrogen) atoms. The van der Waals surface area contributed by atoms with Crippen LogP contribution in [0.3, 0.4) is 0 Å². The topological polar surface area (TPSA) is 109 Å². The zero-order valence-corrected chi connectivity index (χ0v) is 15.0. The molecule has 0 atom stereocenters. The van der Waals surface area contributed by atoms with Gasteiger partial charge in [-0.2, -0.15) is 0 Å². The average Bonchev–Trinajstić information content (AvgIpc) is 2.54. The summed E-state index contributed by atoms with van der Waals surface area (Å²) in [5.74, 6) is 0.828. The third-order valence-electron chi connectivity index (χ3n) is 3.98. The lowest BCUT2D eigenvalue weighted by Crippen LogP contribution is -2.01. The van der Waals surface area contributed by atoms with Gasteiger partial charge in [0.15, 0.2) is 0 Å². The van der Waals surface area contributed by atoms with Gasteiger partial charge in [-0.15, -0.1) is 0 Å². The number of pyridine rings is 1. The van der Waals surface area contributed by atoms with E-state index in [2.05, 4.69) is 47.9 Å². The molecule has 0 unspecified atom stereocenters. The summed E-state index contributed by atoms with van der Waals surface area (Å²) < 4.78 is 5.13. The molecule has 6 nitrogen and oxygen atoms in total. The summed E-state index contributed by atoms with van der Waals surface area (Å²) in [6.45, 7) is 6.26. The van der Waals surface area contributed by atoms with Crippen LogP contribution < -0.4 is 16.6 Å². The van der Waals surface area contributed by atoms with E-state index in [1.165, 1.54) is 5.56 Å². The summed E-state index contributed by atoms with van der Waals surface area (Å²) in [6.07, 6.45) is 3.51. The summed E-state index contributed by atoms with van der Waals surface area (Å²) >= 11 is 0. The van der Waals surface area contributed by atoms with Gasteiger partial charge in [-0.1, -0.05) is 17.7 Å². The number of aryl methyl sites for hydroxylation is 3. The van der Waals surface area contributed by atoms with Gasteiger partial charge in [-0.25, -0.2) is 15.0 Å². The lowest BCUT2D eigenvalue weighted by atomic mass is 9.93. The van der Waals surface area contributed by atoms with Gasteiger partial charge in [0.25, 0.3) is 0 Å². The molecule has 0 aliphatic rings. The Labute approximate surface area is 147 Å². The third kappa shape index (κ3) is 3.59. The Morgan fingerprint density at radius 2 is 1.64 bits per heavy atom. The number of benzene rings is 1. The van der Waals surface area contributed by atoms with E-state index >= 15 is 0 Å². The van der Waals surface area contributed by atoms with Crippen molar-refractivity contribution in [2.45, 2.75) is 20.8 Å². The molecule has 0 bridgehead atoms. The Bertz CT molecular complexity index is 868. The molecule has 130 valence electrons. The minimum absolute atomic E-state index is 0. The molecule has 0 aliphatic heterocycles. The second-order valence-corrected chi connectivity index (χ2v) is 5.85. The van der Waals surface area contributed by atoms with E-state index in [1.54, 1.807) is 19.5 Å². The number of aromatic nitrogens is 3. The molecular formula is C19H23N5O. The minimum atomic E-state index is 0. The van der Waals surface area contributed by atoms with Crippen LogP contribution in [0.1, 0.15) is 16.7 Å². The van der Waals surface area contributed by atoms with Gasteiger partial charge < -0.3 is 16.6 Å². The van der Waals surface area contributed by atoms with Crippen LogP contribution in [0.15, 0.2) is 36.7 Å².